The third kappa shape index (κ3) is 2.77. The molecule has 0 aliphatic heterocycles. The molecule has 0 amide bonds. The van der Waals surface area contributed by atoms with Crippen LogP contribution < -0.4 is 0 Å². The van der Waals surface area contributed by atoms with Gasteiger partial charge in [0.25, 0.3) is 0 Å². The first-order valence-electron chi connectivity index (χ1n) is 2.59. The average molecular weight is 128 g/mol. The first kappa shape index (κ1) is 7.66. The summed E-state index contributed by atoms with van der Waals surface area (Å²) in [6.45, 7) is 8.87. The lowest BCUT2D eigenvalue weighted by Crippen LogP contribution is -2.25. The Labute approximate surface area is 51.5 Å². The van der Waals surface area contributed by atoms with Gasteiger partial charge in [-0.2, -0.15) is 0 Å². The zero-order chi connectivity index (χ0) is 6.62. The Morgan fingerprint density at radius 1 is 1.62 bits per heavy atom. The van der Waals surface area contributed by atoms with Crippen molar-refractivity contribution in [3.8, 4) is 0 Å². The van der Waals surface area contributed by atoms with Crippen LogP contribution >= 0.6 is 0 Å². The van der Waals surface area contributed by atoms with Crippen LogP contribution in [0, 0.1) is 0 Å². The van der Waals surface area contributed by atoms with Crippen LogP contribution in [-0.2, 0) is 0 Å². The van der Waals surface area contributed by atoms with E-state index in [0.717, 1.165) is 0 Å². The third-order valence-electron chi connectivity index (χ3n) is 0.997. The molecule has 1 N–H and O–H groups in total. The number of hydrogen-bond donors (Lipinski definition) is 1. The van der Waals surface area contributed by atoms with Crippen LogP contribution in [0.15, 0.2) is 24.9 Å². The van der Waals surface area contributed by atoms with E-state index in [-0.39, 0.29) is 0 Å². The van der Waals surface area contributed by atoms with Gasteiger partial charge >= 0.3 is 0 Å². The molecule has 0 aliphatic rings. The Hall–Kier alpha value is -0.343. The Bertz CT molecular complexity index is 96.7. The molecule has 0 saturated heterocycles. The van der Waals surface area contributed by atoms with Crippen molar-refractivity contribution in [2.75, 3.05) is 0 Å². The minimum Gasteiger partial charge on any atom is -0.428 e. The van der Waals surface area contributed by atoms with Crippen molar-refractivity contribution in [2.24, 2.45) is 0 Å². The van der Waals surface area contributed by atoms with Crippen LogP contribution in [0.2, 0.25) is 12.6 Å². The highest BCUT2D eigenvalue weighted by atomic mass is 28.4. The highest BCUT2D eigenvalue weighted by Gasteiger charge is 2.16. The summed E-state index contributed by atoms with van der Waals surface area (Å²) >= 11 is 0. The molecule has 1 atom stereocenters. The minimum atomic E-state index is -2.03. The zero-order valence-electron chi connectivity index (χ0n) is 5.22. The fourth-order valence-electron chi connectivity index (χ4n) is 0.376. The van der Waals surface area contributed by atoms with Gasteiger partial charge in [0, 0.05) is 0 Å². The largest absolute Gasteiger partial charge is 0.428 e. The third-order valence-corrected chi connectivity index (χ3v) is 2.99. The molecule has 0 fully saturated rings. The standard InChI is InChI=1S/C6H12OSi/c1-4-6-8(3,7)5-2/h4-5,7H,1-2,6H2,3H3. The van der Waals surface area contributed by atoms with E-state index in [4.69, 9.17) is 0 Å². The molecule has 2 heteroatoms. The molecular weight excluding hydrogens is 116 g/mol. The summed E-state index contributed by atoms with van der Waals surface area (Å²) in [4.78, 5) is 9.27. The highest BCUT2D eigenvalue weighted by molar-refractivity contribution is 6.76. The van der Waals surface area contributed by atoms with Gasteiger partial charge in [-0.1, -0.05) is 11.8 Å². The van der Waals surface area contributed by atoms with E-state index in [9.17, 15) is 4.80 Å². The van der Waals surface area contributed by atoms with Crippen molar-refractivity contribution in [3.63, 3.8) is 0 Å². The van der Waals surface area contributed by atoms with Gasteiger partial charge in [0.15, 0.2) is 0 Å². The lowest BCUT2D eigenvalue weighted by molar-refractivity contribution is 0.561. The van der Waals surface area contributed by atoms with Crippen LogP contribution in [0.1, 0.15) is 0 Å². The van der Waals surface area contributed by atoms with Gasteiger partial charge in [-0.3, -0.25) is 0 Å². The van der Waals surface area contributed by atoms with Crippen molar-refractivity contribution in [1.29, 1.82) is 0 Å². The topological polar surface area (TPSA) is 20.2 Å². The van der Waals surface area contributed by atoms with Gasteiger partial charge in [-0.15, -0.1) is 13.2 Å². The molecular formula is C6H12OSi. The molecule has 0 spiro atoms. The molecule has 0 aromatic heterocycles. The summed E-state index contributed by atoms with van der Waals surface area (Å²) in [5, 5.41) is 0. The van der Waals surface area contributed by atoms with Crippen LogP contribution in [0.3, 0.4) is 0 Å². The predicted octanol–water partition coefficient (Wildman–Crippen LogP) is 1.47. The minimum absolute atomic E-state index is 0.705. The smallest absolute Gasteiger partial charge is 0.213 e. The number of hydrogen-bond acceptors (Lipinski definition) is 1. The number of rotatable bonds is 3. The van der Waals surface area contributed by atoms with Gasteiger partial charge < -0.3 is 4.80 Å². The second-order valence-corrected chi connectivity index (χ2v) is 5.58. The molecule has 1 unspecified atom stereocenters. The van der Waals surface area contributed by atoms with Crippen molar-refractivity contribution in [1.82, 2.24) is 0 Å². The number of allylic oxidation sites excluding steroid dienone is 1. The quantitative estimate of drug-likeness (QED) is 0.451. The van der Waals surface area contributed by atoms with Crippen molar-refractivity contribution >= 4 is 8.32 Å². The van der Waals surface area contributed by atoms with Crippen molar-refractivity contribution in [2.45, 2.75) is 12.6 Å². The van der Waals surface area contributed by atoms with Crippen LogP contribution in [0.5, 0.6) is 0 Å². The maximum absolute atomic E-state index is 9.27. The van der Waals surface area contributed by atoms with Crippen LogP contribution in [0.25, 0.3) is 0 Å². The molecule has 0 aromatic carbocycles. The maximum atomic E-state index is 9.27. The van der Waals surface area contributed by atoms with Gasteiger partial charge in [-0.25, -0.2) is 0 Å². The normalized spacial score (nSPS) is 16.8. The first-order chi connectivity index (χ1) is 3.62. The lowest BCUT2D eigenvalue weighted by Gasteiger charge is -2.10. The average Bonchev–Trinajstić information content (AvgIpc) is 1.67. The van der Waals surface area contributed by atoms with Gasteiger partial charge in [-0.05, 0) is 12.6 Å². The van der Waals surface area contributed by atoms with Crippen molar-refractivity contribution < 1.29 is 4.80 Å². The molecule has 0 aromatic rings. The Morgan fingerprint density at radius 2 is 2.12 bits per heavy atom. The van der Waals surface area contributed by atoms with Crippen LogP contribution in [-0.4, -0.2) is 13.1 Å². The Morgan fingerprint density at radius 3 is 2.25 bits per heavy atom. The van der Waals surface area contributed by atoms with E-state index in [2.05, 4.69) is 13.2 Å². The zero-order valence-corrected chi connectivity index (χ0v) is 6.22. The first-order valence-corrected chi connectivity index (χ1v) is 5.32. The maximum Gasteiger partial charge on any atom is 0.213 e. The second-order valence-electron chi connectivity index (χ2n) is 2.05. The molecule has 0 rings (SSSR count). The SMILES string of the molecule is C=CC[Si](C)(O)C=C. The van der Waals surface area contributed by atoms with Gasteiger partial charge in [0.05, 0.1) is 0 Å². The van der Waals surface area contributed by atoms with E-state index in [1.165, 1.54) is 0 Å². The van der Waals surface area contributed by atoms with E-state index in [1.807, 2.05) is 6.55 Å². The highest BCUT2D eigenvalue weighted by Crippen LogP contribution is 2.04. The molecule has 0 heterocycles. The fraction of sp³-hybridized carbons (Fsp3) is 0.333. The monoisotopic (exact) mass is 128 g/mol. The van der Waals surface area contributed by atoms with Crippen molar-refractivity contribution in [3.05, 3.63) is 24.9 Å². The summed E-state index contributed by atoms with van der Waals surface area (Å²) in [6, 6.07) is 0.705. The van der Waals surface area contributed by atoms with E-state index < -0.39 is 8.32 Å². The molecule has 0 bridgehead atoms. The van der Waals surface area contributed by atoms with E-state index in [0.29, 0.717) is 6.04 Å². The summed E-state index contributed by atoms with van der Waals surface area (Å²) in [5.41, 5.74) is 1.65. The fourth-order valence-corrected chi connectivity index (χ4v) is 1.13. The molecule has 1 nitrogen and oxygen atoms in total. The molecule has 46 valence electrons. The summed E-state index contributed by atoms with van der Waals surface area (Å²) < 4.78 is 0. The Kier molecular flexibility index (Phi) is 2.72. The summed E-state index contributed by atoms with van der Waals surface area (Å²) in [6.07, 6.45) is 1.73. The second kappa shape index (κ2) is 2.84. The molecule has 0 aliphatic carbocycles. The Balaban J connectivity index is 3.70. The van der Waals surface area contributed by atoms with E-state index >= 15 is 0 Å². The summed E-state index contributed by atoms with van der Waals surface area (Å²) in [7, 11) is -2.03. The van der Waals surface area contributed by atoms with Gasteiger partial charge in [0.2, 0.25) is 8.32 Å². The lowest BCUT2D eigenvalue weighted by atomic mass is 10.8. The van der Waals surface area contributed by atoms with Gasteiger partial charge in [0.1, 0.15) is 0 Å². The van der Waals surface area contributed by atoms with Crippen LogP contribution in [0.4, 0.5) is 0 Å². The molecule has 8 heavy (non-hydrogen) atoms. The molecule has 0 radical (unpaired) electrons. The predicted molar refractivity (Wildman–Crippen MR) is 39.0 cm³/mol. The summed E-state index contributed by atoms with van der Waals surface area (Å²) in [5.74, 6) is 0. The van der Waals surface area contributed by atoms with E-state index in [1.54, 1.807) is 11.8 Å². The molecule has 0 saturated carbocycles.